The van der Waals surface area contributed by atoms with Gasteiger partial charge in [-0.25, -0.2) is 9.97 Å². The van der Waals surface area contributed by atoms with Gasteiger partial charge in [0.1, 0.15) is 0 Å². The van der Waals surface area contributed by atoms with Crippen molar-refractivity contribution in [3.8, 4) is 11.4 Å². The smallest absolute Gasteiger partial charge is 0.160 e. The molecule has 2 nitrogen and oxygen atoms in total. The Morgan fingerprint density at radius 2 is 2.00 bits per heavy atom. The molecule has 0 aliphatic heterocycles. The van der Waals surface area contributed by atoms with E-state index in [0.29, 0.717) is 5.88 Å². The quantitative estimate of drug-likeness (QED) is 0.732. The molecule has 2 aromatic heterocycles. The van der Waals surface area contributed by atoms with E-state index in [9.17, 15) is 0 Å². The fraction of sp³-hybridized carbons (Fsp3) is 0.200. The standard InChI is InChI=1S/C10H9ClN2S/c1-7-5-14-6-9(7)10-12-3-8(2-11)4-13-10/h3-6H,2H2,1H3. The van der Waals surface area contributed by atoms with Crippen LogP contribution in [0.4, 0.5) is 0 Å². The Morgan fingerprint density at radius 1 is 1.29 bits per heavy atom. The molecule has 0 atom stereocenters. The van der Waals surface area contributed by atoms with Gasteiger partial charge in [0.2, 0.25) is 0 Å². The second kappa shape index (κ2) is 4.07. The Kier molecular flexibility index (Phi) is 2.79. The summed E-state index contributed by atoms with van der Waals surface area (Å²) in [5.41, 5.74) is 3.27. The fourth-order valence-electron chi connectivity index (χ4n) is 1.15. The van der Waals surface area contributed by atoms with Crippen LogP contribution in [0.2, 0.25) is 0 Å². The first-order valence-corrected chi connectivity index (χ1v) is 5.69. The number of nitrogens with zero attached hydrogens (tertiary/aromatic N) is 2. The molecule has 14 heavy (non-hydrogen) atoms. The number of halogens is 1. The SMILES string of the molecule is Cc1cscc1-c1ncc(CCl)cn1. The van der Waals surface area contributed by atoms with Gasteiger partial charge < -0.3 is 0 Å². The zero-order valence-corrected chi connectivity index (χ0v) is 9.27. The van der Waals surface area contributed by atoms with Gasteiger partial charge >= 0.3 is 0 Å². The van der Waals surface area contributed by atoms with Crippen molar-refractivity contribution in [2.75, 3.05) is 0 Å². The van der Waals surface area contributed by atoms with Crippen molar-refractivity contribution in [3.63, 3.8) is 0 Å². The first-order chi connectivity index (χ1) is 6.81. The highest BCUT2D eigenvalue weighted by atomic mass is 35.5. The van der Waals surface area contributed by atoms with Crippen molar-refractivity contribution >= 4 is 22.9 Å². The zero-order valence-electron chi connectivity index (χ0n) is 7.70. The topological polar surface area (TPSA) is 25.8 Å². The second-order valence-electron chi connectivity index (χ2n) is 3.02. The Hall–Kier alpha value is -0.930. The van der Waals surface area contributed by atoms with Gasteiger partial charge in [0.15, 0.2) is 5.82 Å². The van der Waals surface area contributed by atoms with Gasteiger partial charge in [-0.2, -0.15) is 11.3 Å². The van der Waals surface area contributed by atoms with Crippen LogP contribution in [0.15, 0.2) is 23.2 Å². The molecule has 0 saturated heterocycles. The van der Waals surface area contributed by atoms with E-state index in [1.165, 1.54) is 5.56 Å². The molecular weight excluding hydrogens is 216 g/mol. The van der Waals surface area contributed by atoms with Crippen LogP contribution in [0.1, 0.15) is 11.1 Å². The lowest BCUT2D eigenvalue weighted by atomic mass is 10.2. The monoisotopic (exact) mass is 224 g/mol. The molecule has 0 fully saturated rings. The van der Waals surface area contributed by atoms with Gasteiger partial charge in [0, 0.05) is 28.9 Å². The lowest BCUT2D eigenvalue weighted by molar-refractivity contribution is 1.12. The second-order valence-corrected chi connectivity index (χ2v) is 4.03. The summed E-state index contributed by atoms with van der Waals surface area (Å²) in [6.07, 6.45) is 3.54. The maximum atomic E-state index is 5.66. The van der Waals surface area contributed by atoms with Gasteiger partial charge in [-0.1, -0.05) is 0 Å². The first-order valence-electron chi connectivity index (χ1n) is 4.21. The highest BCUT2D eigenvalue weighted by Crippen LogP contribution is 2.23. The number of alkyl halides is 1. The van der Waals surface area contributed by atoms with Crippen molar-refractivity contribution < 1.29 is 0 Å². The molecule has 2 heterocycles. The zero-order chi connectivity index (χ0) is 9.97. The molecule has 0 N–H and O–H groups in total. The minimum atomic E-state index is 0.461. The summed E-state index contributed by atoms with van der Waals surface area (Å²) in [7, 11) is 0. The van der Waals surface area contributed by atoms with Crippen LogP contribution in [-0.2, 0) is 5.88 Å². The molecule has 0 amide bonds. The summed E-state index contributed by atoms with van der Waals surface area (Å²) in [6.45, 7) is 2.06. The predicted molar refractivity (Wildman–Crippen MR) is 59.6 cm³/mol. The molecule has 0 radical (unpaired) electrons. The first kappa shape index (κ1) is 9.62. The van der Waals surface area contributed by atoms with E-state index in [-0.39, 0.29) is 0 Å². The van der Waals surface area contributed by atoms with E-state index in [0.717, 1.165) is 17.0 Å². The van der Waals surface area contributed by atoms with E-state index >= 15 is 0 Å². The van der Waals surface area contributed by atoms with Crippen molar-refractivity contribution in [2.24, 2.45) is 0 Å². The lowest BCUT2D eigenvalue weighted by Crippen LogP contribution is -1.90. The third-order valence-corrected chi connectivity index (χ3v) is 3.13. The van der Waals surface area contributed by atoms with E-state index in [1.54, 1.807) is 23.7 Å². The third-order valence-electron chi connectivity index (χ3n) is 1.96. The van der Waals surface area contributed by atoms with Crippen molar-refractivity contribution in [1.29, 1.82) is 0 Å². The van der Waals surface area contributed by atoms with Crippen LogP contribution in [-0.4, -0.2) is 9.97 Å². The highest BCUT2D eigenvalue weighted by Gasteiger charge is 2.04. The average molecular weight is 225 g/mol. The molecule has 0 bridgehead atoms. The van der Waals surface area contributed by atoms with Crippen molar-refractivity contribution in [2.45, 2.75) is 12.8 Å². The molecule has 2 aromatic rings. The van der Waals surface area contributed by atoms with E-state index in [4.69, 9.17) is 11.6 Å². The molecule has 2 rings (SSSR count). The number of aromatic nitrogens is 2. The Morgan fingerprint density at radius 3 is 2.50 bits per heavy atom. The Balaban J connectivity index is 2.39. The summed E-state index contributed by atoms with van der Waals surface area (Å²) >= 11 is 7.32. The maximum absolute atomic E-state index is 5.66. The summed E-state index contributed by atoms with van der Waals surface area (Å²) in [6, 6.07) is 0. The third kappa shape index (κ3) is 1.79. The van der Waals surface area contributed by atoms with Gasteiger partial charge in [-0.3, -0.25) is 0 Å². The van der Waals surface area contributed by atoms with Crippen molar-refractivity contribution in [1.82, 2.24) is 9.97 Å². The van der Waals surface area contributed by atoms with Crippen molar-refractivity contribution in [3.05, 3.63) is 34.3 Å². The van der Waals surface area contributed by atoms with Crippen LogP contribution in [0.25, 0.3) is 11.4 Å². The molecule has 0 aliphatic carbocycles. The van der Waals surface area contributed by atoms with Crippen LogP contribution < -0.4 is 0 Å². The summed E-state index contributed by atoms with van der Waals surface area (Å²) in [5, 5.41) is 4.15. The molecular formula is C10H9ClN2S. The number of rotatable bonds is 2. The van der Waals surface area contributed by atoms with Gasteiger partial charge in [0.05, 0.1) is 5.88 Å². The lowest BCUT2D eigenvalue weighted by Gasteiger charge is -1.99. The molecule has 4 heteroatoms. The summed E-state index contributed by atoms with van der Waals surface area (Å²) in [5.74, 6) is 1.24. The van der Waals surface area contributed by atoms with Gasteiger partial charge in [-0.15, -0.1) is 11.6 Å². The fourth-order valence-corrected chi connectivity index (χ4v) is 2.12. The Labute approximate surface area is 91.6 Å². The van der Waals surface area contributed by atoms with Crippen LogP contribution in [0.5, 0.6) is 0 Å². The molecule has 0 unspecified atom stereocenters. The molecule has 72 valence electrons. The maximum Gasteiger partial charge on any atom is 0.160 e. The molecule has 0 saturated carbocycles. The molecule has 0 aliphatic rings. The van der Waals surface area contributed by atoms with Crippen LogP contribution in [0, 0.1) is 6.92 Å². The summed E-state index contributed by atoms with van der Waals surface area (Å²) in [4.78, 5) is 8.53. The average Bonchev–Trinajstić information content (AvgIpc) is 2.65. The number of aryl methyl sites for hydroxylation is 1. The minimum absolute atomic E-state index is 0.461. The molecule has 0 aromatic carbocycles. The predicted octanol–water partition coefficient (Wildman–Crippen LogP) is 3.25. The van der Waals surface area contributed by atoms with Gasteiger partial charge in [0.25, 0.3) is 0 Å². The Bertz CT molecular complexity index is 422. The van der Waals surface area contributed by atoms with Crippen LogP contribution in [0.3, 0.4) is 0 Å². The highest BCUT2D eigenvalue weighted by molar-refractivity contribution is 7.08. The molecule has 0 spiro atoms. The number of hydrogen-bond acceptors (Lipinski definition) is 3. The number of thiophene rings is 1. The van der Waals surface area contributed by atoms with E-state index < -0.39 is 0 Å². The van der Waals surface area contributed by atoms with E-state index in [1.807, 2.05) is 0 Å². The minimum Gasteiger partial charge on any atom is -0.236 e. The number of hydrogen-bond donors (Lipinski definition) is 0. The van der Waals surface area contributed by atoms with Gasteiger partial charge in [-0.05, 0) is 17.9 Å². The summed E-state index contributed by atoms with van der Waals surface area (Å²) < 4.78 is 0. The van der Waals surface area contributed by atoms with E-state index in [2.05, 4.69) is 27.7 Å². The van der Waals surface area contributed by atoms with Crippen LogP contribution >= 0.6 is 22.9 Å². The largest absolute Gasteiger partial charge is 0.236 e. The normalized spacial score (nSPS) is 10.4.